The average Bonchev–Trinajstić information content (AvgIpc) is 2.18. The van der Waals surface area contributed by atoms with Crippen LogP contribution in [-0.4, -0.2) is 11.1 Å². The maximum Gasteiger partial charge on any atom is 0.163 e. The molecule has 4 heteroatoms. The molecule has 1 nitrogen and oxygen atoms in total. The first-order valence-corrected chi connectivity index (χ1v) is 5.31. The van der Waals surface area contributed by atoms with E-state index >= 15 is 0 Å². The molecule has 0 spiro atoms. The topological polar surface area (TPSA) is 17.1 Å². The van der Waals surface area contributed by atoms with Gasteiger partial charge >= 0.3 is 0 Å². The lowest BCUT2D eigenvalue weighted by Crippen LogP contribution is -2.00. The Bertz CT molecular complexity index is 339. The van der Waals surface area contributed by atoms with Crippen LogP contribution in [0.15, 0.2) is 18.2 Å². The Morgan fingerprint density at radius 3 is 2.57 bits per heavy atom. The normalized spacial score (nSPS) is 10.2. The summed E-state index contributed by atoms with van der Waals surface area (Å²) in [4.78, 5) is 11.4. The van der Waals surface area contributed by atoms with Crippen molar-refractivity contribution in [2.75, 3.05) is 5.33 Å². The Kier molecular flexibility index (Phi) is 4.20. The van der Waals surface area contributed by atoms with E-state index in [9.17, 15) is 13.6 Å². The second kappa shape index (κ2) is 5.20. The molecule has 0 saturated carbocycles. The Morgan fingerprint density at radius 1 is 1.29 bits per heavy atom. The zero-order chi connectivity index (χ0) is 10.6. The minimum atomic E-state index is -0.977. The summed E-state index contributed by atoms with van der Waals surface area (Å²) in [5.41, 5.74) is 0.227. The lowest BCUT2D eigenvalue weighted by molar-refractivity contribution is 0.0981. The van der Waals surface area contributed by atoms with Gasteiger partial charge in [-0.3, -0.25) is 4.79 Å². The number of hydrogen-bond donors (Lipinski definition) is 0. The summed E-state index contributed by atoms with van der Waals surface area (Å²) in [7, 11) is 0. The molecule has 0 amide bonds. The van der Waals surface area contributed by atoms with Gasteiger partial charge in [-0.15, -0.1) is 0 Å². The van der Waals surface area contributed by atoms with Gasteiger partial charge in [0.15, 0.2) is 17.4 Å². The van der Waals surface area contributed by atoms with Gasteiger partial charge in [0.1, 0.15) is 0 Å². The van der Waals surface area contributed by atoms with Crippen LogP contribution in [0.3, 0.4) is 0 Å². The highest BCUT2D eigenvalue weighted by molar-refractivity contribution is 9.09. The number of Topliss-reactive ketones (excluding diaryl/α,β-unsaturated/α-hetero) is 1. The number of halogens is 3. The molecular weight excluding hydrogens is 254 g/mol. The number of alkyl halides is 1. The molecule has 0 N–H and O–H groups in total. The molecule has 76 valence electrons. The van der Waals surface area contributed by atoms with Gasteiger partial charge in [-0.1, -0.05) is 15.9 Å². The maximum absolute atomic E-state index is 12.7. The van der Waals surface area contributed by atoms with E-state index in [4.69, 9.17) is 0 Å². The second-order valence-corrected chi connectivity index (χ2v) is 3.64. The Balaban J connectivity index is 2.76. The largest absolute Gasteiger partial charge is 0.294 e. The Labute approximate surface area is 89.3 Å². The van der Waals surface area contributed by atoms with E-state index in [0.29, 0.717) is 12.8 Å². The monoisotopic (exact) mass is 262 g/mol. The second-order valence-electron chi connectivity index (χ2n) is 2.84. The first-order valence-electron chi connectivity index (χ1n) is 4.19. The predicted octanol–water partition coefficient (Wildman–Crippen LogP) is 3.32. The van der Waals surface area contributed by atoms with Gasteiger partial charge in [-0.2, -0.15) is 0 Å². The molecule has 0 saturated heterocycles. The molecule has 1 rings (SSSR count). The number of hydrogen-bond acceptors (Lipinski definition) is 1. The van der Waals surface area contributed by atoms with Crippen molar-refractivity contribution in [1.82, 2.24) is 0 Å². The van der Waals surface area contributed by atoms with Gasteiger partial charge in [-0.05, 0) is 24.6 Å². The van der Waals surface area contributed by atoms with Crippen LogP contribution < -0.4 is 0 Å². The minimum absolute atomic E-state index is 0.164. The summed E-state index contributed by atoms with van der Waals surface area (Å²) in [6.07, 6.45) is 1.04. The van der Waals surface area contributed by atoms with Crippen molar-refractivity contribution < 1.29 is 13.6 Å². The molecule has 0 fully saturated rings. The maximum atomic E-state index is 12.7. The minimum Gasteiger partial charge on any atom is -0.294 e. The molecule has 0 atom stereocenters. The summed E-state index contributed by atoms with van der Waals surface area (Å²) >= 11 is 3.19. The highest BCUT2D eigenvalue weighted by Gasteiger charge is 2.08. The van der Waals surface area contributed by atoms with E-state index in [1.54, 1.807) is 0 Å². The van der Waals surface area contributed by atoms with Gasteiger partial charge in [0.05, 0.1) is 0 Å². The van der Waals surface area contributed by atoms with E-state index in [2.05, 4.69) is 15.9 Å². The molecule has 0 radical (unpaired) electrons. The highest BCUT2D eigenvalue weighted by Crippen LogP contribution is 2.11. The van der Waals surface area contributed by atoms with Crippen molar-refractivity contribution >= 4 is 21.7 Å². The van der Waals surface area contributed by atoms with E-state index < -0.39 is 11.6 Å². The summed E-state index contributed by atoms with van der Waals surface area (Å²) in [5.74, 6) is -2.07. The highest BCUT2D eigenvalue weighted by atomic mass is 79.9. The first-order chi connectivity index (χ1) is 6.65. The lowest BCUT2D eigenvalue weighted by atomic mass is 10.1. The molecule has 0 aromatic heterocycles. The smallest absolute Gasteiger partial charge is 0.163 e. The molecule has 0 aliphatic rings. The van der Waals surface area contributed by atoms with Crippen molar-refractivity contribution in [3.05, 3.63) is 35.4 Å². The Morgan fingerprint density at radius 2 is 2.00 bits per heavy atom. The molecule has 14 heavy (non-hydrogen) atoms. The molecule has 1 aromatic carbocycles. The van der Waals surface area contributed by atoms with Crippen LogP contribution in [0.5, 0.6) is 0 Å². The zero-order valence-electron chi connectivity index (χ0n) is 7.40. The van der Waals surface area contributed by atoms with Crippen LogP contribution in [0.2, 0.25) is 0 Å². The average molecular weight is 263 g/mol. The van der Waals surface area contributed by atoms with E-state index in [1.807, 2.05) is 0 Å². The summed E-state index contributed by atoms with van der Waals surface area (Å²) < 4.78 is 25.2. The number of ketones is 1. The third kappa shape index (κ3) is 2.87. The lowest BCUT2D eigenvalue weighted by Gasteiger charge is -2.00. The van der Waals surface area contributed by atoms with E-state index in [1.165, 1.54) is 6.07 Å². The Hall–Kier alpha value is -0.770. The third-order valence-corrected chi connectivity index (χ3v) is 2.34. The summed E-state index contributed by atoms with van der Waals surface area (Å²) in [6, 6.07) is 3.21. The zero-order valence-corrected chi connectivity index (χ0v) is 8.98. The van der Waals surface area contributed by atoms with Crippen molar-refractivity contribution in [1.29, 1.82) is 0 Å². The van der Waals surface area contributed by atoms with Gasteiger partial charge in [-0.25, -0.2) is 8.78 Å². The summed E-state index contributed by atoms with van der Waals surface area (Å²) in [5, 5.41) is 0.725. The van der Waals surface area contributed by atoms with Crippen LogP contribution in [0.4, 0.5) is 8.78 Å². The molecule has 0 bridgehead atoms. The fourth-order valence-corrected chi connectivity index (χ4v) is 1.32. The van der Waals surface area contributed by atoms with Crippen molar-refractivity contribution in [2.24, 2.45) is 0 Å². The molecule has 0 heterocycles. The van der Waals surface area contributed by atoms with Gasteiger partial charge in [0.2, 0.25) is 0 Å². The van der Waals surface area contributed by atoms with Crippen molar-refractivity contribution in [2.45, 2.75) is 12.8 Å². The van der Waals surface area contributed by atoms with Gasteiger partial charge < -0.3 is 0 Å². The standard InChI is InChI=1S/C10H9BrF2O/c11-5-1-2-10(14)7-3-4-8(12)9(13)6-7/h3-4,6H,1-2,5H2. The SMILES string of the molecule is O=C(CCCBr)c1ccc(F)c(F)c1. The summed E-state index contributed by atoms with van der Waals surface area (Å²) in [6.45, 7) is 0. The molecular formula is C10H9BrF2O. The third-order valence-electron chi connectivity index (χ3n) is 1.78. The number of rotatable bonds is 4. The fraction of sp³-hybridized carbons (Fsp3) is 0.300. The van der Waals surface area contributed by atoms with Crippen LogP contribution in [-0.2, 0) is 0 Å². The van der Waals surface area contributed by atoms with Gasteiger partial charge in [0, 0.05) is 17.3 Å². The van der Waals surface area contributed by atoms with E-state index in [-0.39, 0.29) is 11.3 Å². The first kappa shape index (κ1) is 11.3. The van der Waals surface area contributed by atoms with Crippen LogP contribution in [0.1, 0.15) is 23.2 Å². The molecule has 1 aromatic rings. The fourth-order valence-electron chi connectivity index (χ4n) is 1.04. The number of carbonyl (C=O) groups is 1. The van der Waals surface area contributed by atoms with Crippen LogP contribution >= 0.6 is 15.9 Å². The molecule has 0 aliphatic carbocycles. The van der Waals surface area contributed by atoms with E-state index in [0.717, 1.165) is 17.5 Å². The predicted molar refractivity (Wildman–Crippen MR) is 53.7 cm³/mol. The van der Waals surface area contributed by atoms with Gasteiger partial charge in [0.25, 0.3) is 0 Å². The van der Waals surface area contributed by atoms with Crippen LogP contribution in [0.25, 0.3) is 0 Å². The number of carbonyl (C=O) groups excluding carboxylic acids is 1. The van der Waals surface area contributed by atoms with Crippen molar-refractivity contribution in [3.63, 3.8) is 0 Å². The number of benzene rings is 1. The van der Waals surface area contributed by atoms with Crippen molar-refractivity contribution in [3.8, 4) is 0 Å². The molecule has 0 aliphatic heterocycles. The molecule has 0 unspecified atom stereocenters. The van der Waals surface area contributed by atoms with Crippen LogP contribution in [0, 0.1) is 11.6 Å². The quantitative estimate of drug-likeness (QED) is 0.601.